The minimum atomic E-state index is 0.409. The lowest BCUT2D eigenvalue weighted by Gasteiger charge is -2.38. The van der Waals surface area contributed by atoms with Gasteiger partial charge in [0.05, 0.1) is 0 Å². The quantitative estimate of drug-likeness (QED) is 0.672. The minimum Gasteiger partial charge on any atom is -0.327 e. The van der Waals surface area contributed by atoms with Crippen molar-refractivity contribution in [3.8, 4) is 0 Å². The van der Waals surface area contributed by atoms with Crippen molar-refractivity contribution in [2.75, 3.05) is 13.1 Å². The normalized spacial score (nSPS) is 32.8. The van der Waals surface area contributed by atoms with Gasteiger partial charge in [0.15, 0.2) is 0 Å². The van der Waals surface area contributed by atoms with E-state index in [1.165, 1.54) is 0 Å². The topological polar surface area (TPSA) is 29.3 Å². The molecule has 0 aromatic carbocycles. The monoisotopic (exact) mass is 182 g/mol. The van der Waals surface area contributed by atoms with Crippen LogP contribution in [-0.2, 0) is 0 Å². The van der Waals surface area contributed by atoms with Gasteiger partial charge in [-0.1, -0.05) is 13.0 Å². The van der Waals surface area contributed by atoms with E-state index in [1.54, 1.807) is 0 Å². The maximum atomic E-state index is 5.97. The first kappa shape index (κ1) is 10.7. The SMILES string of the molecule is C=CCC(C)N1CCC(N)C(C)C1. The summed E-state index contributed by atoms with van der Waals surface area (Å²) >= 11 is 0. The molecule has 0 radical (unpaired) electrons. The smallest absolute Gasteiger partial charge is 0.0101 e. The molecule has 1 aliphatic heterocycles. The lowest BCUT2D eigenvalue weighted by atomic mass is 9.93. The van der Waals surface area contributed by atoms with E-state index < -0.39 is 0 Å². The molecule has 0 aromatic heterocycles. The predicted octanol–water partition coefficient (Wildman–Crippen LogP) is 1.62. The summed E-state index contributed by atoms with van der Waals surface area (Å²) in [6.07, 6.45) is 4.23. The average molecular weight is 182 g/mol. The van der Waals surface area contributed by atoms with Crippen LogP contribution in [0.15, 0.2) is 12.7 Å². The van der Waals surface area contributed by atoms with Crippen LogP contribution in [-0.4, -0.2) is 30.1 Å². The fourth-order valence-electron chi connectivity index (χ4n) is 1.99. The summed E-state index contributed by atoms with van der Waals surface area (Å²) in [6, 6.07) is 1.04. The number of piperidine rings is 1. The highest BCUT2D eigenvalue weighted by atomic mass is 15.2. The molecule has 1 rings (SSSR count). The molecule has 3 atom stereocenters. The van der Waals surface area contributed by atoms with Gasteiger partial charge in [-0.25, -0.2) is 0 Å². The standard InChI is InChI=1S/C11H22N2/c1-4-5-10(3)13-7-6-11(12)9(2)8-13/h4,9-11H,1,5-8,12H2,2-3H3. The maximum absolute atomic E-state index is 5.97. The van der Waals surface area contributed by atoms with Crippen LogP contribution in [0.2, 0.25) is 0 Å². The van der Waals surface area contributed by atoms with E-state index in [-0.39, 0.29) is 0 Å². The molecule has 0 bridgehead atoms. The predicted molar refractivity (Wildman–Crippen MR) is 57.6 cm³/mol. The van der Waals surface area contributed by atoms with Gasteiger partial charge in [-0.05, 0) is 32.2 Å². The second kappa shape index (κ2) is 4.77. The minimum absolute atomic E-state index is 0.409. The molecule has 0 aromatic rings. The summed E-state index contributed by atoms with van der Waals surface area (Å²) in [4.78, 5) is 2.52. The highest BCUT2D eigenvalue weighted by Crippen LogP contribution is 2.18. The lowest BCUT2D eigenvalue weighted by molar-refractivity contribution is 0.125. The molecule has 1 saturated heterocycles. The van der Waals surface area contributed by atoms with E-state index in [9.17, 15) is 0 Å². The maximum Gasteiger partial charge on any atom is 0.0101 e. The van der Waals surface area contributed by atoms with Crippen LogP contribution in [0.4, 0.5) is 0 Å². The van der Waals surface area contributed by atoms with Crippen LogP contribution in [0.5, 0.6) is 0 Å². The molecule has 0 saturated carbocycles. The molecule has 1 fully saturated rings. The molecule has 1 heterocycles. The molecule has 0 spiro atoms. The molecule has 0 amide bonds. The zero-order valence-electron chi connectivity index (χ0n) is 8.87. The molecular formula is C11H22N2. The van der Waals surface area contributed by atoms with Gasteiger partial charge < -0.3 is 5.73 Å². The number of nitrogens with zero attached hydrogens (tertiary/aromatic N) is 1. The van der Waals surface area contributed by atoms with Crippen molar-refractivity contribution < 1.29 is 0 Å². The highest BCUT2D eigenvalue weighted by molar-refractivity contribution is 4.85. The number of hydrogen-bond acceptors (Lipinski definition) is 2. The highest BCUT2D eigenvalue weighted by Gasteiger charge is 2.25. The second-order valence-corrected chi connectivity index (χ2v) is 4.30. The molecular weight excluding hydrogens is 160 g/mol. The van der Waals surface area contributed by atoms with Crippen molar-refractivity contribution in [1.82, 2.24) is 4.90 Å². The van der Waals surface area contributed by atoms with Crippen LogP contribution < -0.4 is 5.73 Å². The van der Waals surface area contributed by atoms with E-state index in [2.05, 4.69) is 25.3 Å². The van der Waals surface area contributed by atoms with Gasteiger partial charge in [0.2, 0.25) is 0 Å². The lowest BCUT2D eigenvalue weighted by Crippen LogP contribution is -2.48. The van der Waals surface area contributed by atoms with Crippen molar-refractivity contribution in [3.05, 3.63) is 12.7 Å². The van der Waals surface area contributed by atoms with Gasteiger partial charge >= 0.3 is 0 Å². The summed E-state index contributed by atoms with van der Waals surface area (Å²) in [6.45, 7) is 10.6. The van der Waals surface area contributed by atoms with Crippen molar-refractivity contribution in [2.24, 2.45) is 11.7 Å². The third-order valence-electron chi connectivity index (χ3n) is 3.13. The van der Waals surface area contributed by atoms with Gasteiger partial charge in [-0.2, -0.15) is 0 Å². The summed E-state index contributed by atoms with van der Waals surface area (Å²) in [7, 11) is 0. The van der Waals surface area contributed by atoms with E-state index in [0.29, 0.717) is 18.0 Å². The number of likely N-dealkylation sites (tertiary alicyclic amines) is 1. The summed E-state index contributed by atoms with van der Waals surface area (Å²) in [5, 5.41) is 0. The molecule has 76 valence electrons. The molecule has 3 unspecified atom stereocenters. The Morgan fingerprint density at radius 1 is 1.69 bits per heavy atom. The molecule has 2 heteroatoms. The van der Waals surface area contributed by atoms with Gasteiger partial charge in [0.25, 0.3) is 0 Å². The van der Waals surface area contributed by atoms with Crippen molar-refractivity contribution in [1.29, 1.82) is 0 Å². The van der Waals surface area contributed by atoms with Gasteiger partial charge in [0, 0.05) is 18.6 Å². The Bertz CT molecular complexity index is 167. The Hall–Kier alpha value is -0.340. The Kier molecular flexibility index (Phi) is 3.94. The number of rotatable bonds is 3. The largest absolute Gasteiger partial charge is 0.327 e. The van der Waals surface area contributed by atoms with Gasteiger partial charge in [0.1, 0.15) is 0 Å². The number of nitrogens with two attached hydrogens (primary N) is 1. The molecule has 2 nitrogen and oxygen atoms in total. The fraction of sp³-hybridized carbons (Fsp3) is 0.818. The Morgan fingerprint density at radius 2 is 2.38 bits per heavy atom. The Morgan fingerprint density at radius 3 is 2.92 bits per heavy atom. The van der Waals surface area contributed by atoms with Crippen LogP contribution in [0, 0.1) is 5.92 Å². The first-order valence-electron chi connectivity index (χ1n) is 5.25. The third-order valence-corrected chi connectivity index (χ3v) is 3.13. The van der Waals surface area contributed by atoms with Gasteiger partial charge in [-0.3, -0.25) is 4.90 Å². The Labute approximate surface area is 81.8 Å². The van der Waals surface area contributed by atoms with Crippen LogP contribution >= 0.6 is 0 Å². The van der Waals surface area contributed by atoms with Gasteiger partial charge in [-0.15, -0.1) is 6.58 Å². The van der Waals surface area contributed by atoms with Crippen LogP contribution in [0.1, 0.15) is 26.7 Å². The molecule has 13 heavy (non-hydrogen) atoms. The first-order chi connectivity index (χ1) is 6.15. The Balaban J connectivity index is 2.40. The van der Waals surface area contributed by atoms with E-state index in [0.717, 1.165) is 25.9 Å². The fourth-order valence-corrected chi connectivity index (χ4v) is 1.99. The summed E-state index contributed by atoms with van der Waals surface area (Å²) < 4.78 is 0. The van der Waals surface area contributed by atoms with Crippen LogP contribution in [0.3, 0.4) is 0 Å². The van der Waals surface area contributed by atoms with Crippen molar-refractivity contribution in [3.63, 3.8) is 0 Å². The van der Waals surface area contributed by atoms with E-state index in [4.69, 9.17) is 5.73 Å². The second-order valence-electron chi connectivity index (χ2n) is 4.30. The number of hydrogen-bond donors (Lipinski definition) is 1. The zero-order valence-corrected chi connectivity index (χ0v) is 8.87. The summed E-state index contributed by atoms with van der Waals surface area (Å²) in [5.41, 5.74) is 5.97. The summed E-state index contributed by atoms with van der Waals surface area (Å²) in [5.74, 6) is 0.640. The van der Waals surface area contributed by atoms with E-state index in [1.807, 2.05) is 6.08 Å². The van der Waals surface area contributed by atoms with Crippen molar-refractivity contribution >= 4 is 0 Å². The molecule has 0 aliphatic carbocycles. The zero-order chi connectivity index (χ0) is 9.84. The van der Waals surface area contributed by atoms with Crippen molar-refractivity contribution in [2.45, 2.75) is 38.8 Å². The average Bonchev–Trinajstić information content (AvgIpc) is 2.10. The van der Waals surface area contributed by atoms with Crippen LogP contribution in [0.25, 0.3) is 0 Å². The molecule has 2 N–H and O–H groups in total. The van der Waals surface area contributed by atoms with E-state index >= 15 is 0 Å². The third kappa shape index (κ3) is 2.82. The molecule has 1 aliphatic rings. The first-order valence-corrected chi connectivity index (χ1v) is 5.25.